The average molecular weight is 303 g/mol. The standard InChI is InChI=1S/C8H8F3NO4S2/c9-8(10,11)6-17(13,14)12-18(15,16)7-4-2-1-3-5-7/h1-5,12H,6H2. The van der Waals surface area contributed by atoms with Crippen molar-refractivity contribution in [1.29, 1.82) is 0 Å². The third-order valence-electron chi connectivity index (χ3n) is 1.64. The van der Waals surface area contributed by atoms with E-state index in [0.29, 0.717) is 0 Å². The fourth-order valence-electron chi connectivity index (χ4n) is 1.06. The first kappa shape index (κ1) is 14.9. The molecule has 0 atom stereocenters. The quantitative estimate of drug-likeness (QED) is 0.894. The van der Waals surface area contributed by atoms with Crippen LogP contribution in [0.1, 0.15) is 0 Å². The van der Waals surface area contributed by atoms with Crippen molar-refractivity contribution in [3.05, 3.63) is 30.3 Å². The van der Waals surface area contributed by atoms with E-state index in [0.717, 1.165) is 16.3 Å². The van der Waals surface area contributed by atoms with Gasteiger partial charge in [-0.25, -0.2) is 16.8 Å². The summed E-state index contributed by atoms with van der Waals surface area (Å²) in [6.07, 6.45) is -5.02. The Bertz CT molecular complexity index is 607. The Balaban J connectivity index is 2.98. The summed E-state index contributed by atoms with van der Waals surface area (Å²) < 4.78 is 81.8. The summed E-state index contributed by atoms with van der Waals surface area (Å²) in [4.78, 5) is -0.434. The highest BCUT2D eigenvalue weighted by atomic mass is 32.3. The zero-order valence-electron chi connectivity index (χ0n) is 8.68. The molecule has 0 aliphatic carbocycles. The molecule has 1 rings (SSSR count). The lowest BCUT2D eigenvalue weighted by Crippen LogP contribution is -2.37. The van der Waals surface area contributed by atoms with Gasteiger partial charge in [0.05, 0.1) is 4.90 Å². The molecule has 0 fully saturated rings. The lowest BCUT2D eigenvalue weighted by Gasteiger charge is -2.09. The molecule has 0 radical (unpaired) electrons. The molecule has 0 spiro atoms. The molecule has 1 aromatic rings. The Morgan fingerprint density at radius 2 is 1.50 bits per heavy atom. The molecular weight excluding hydrogens is 295 g/mol. The highest BCUT2D eigenvalue weighted by molar-refractivity contribution is 8.04. The number of nitrogens with one attached hydrogen (secondary N) is 1. The van der Waals surface area contributed by atoms with Gasteiger partial charge < -0.3 is 0 Å². The van der Waals surface area contributed by atoms with Gasteiger partial charge in [0.1, 0.15) is 0 Å². The van der Waals surface area contributed by atoms with Crippen LogP contribution in [-0.2, 0) is 20.0 Å². The number of halogens is 3. The molecule has 0 amide bonds. The predicted molar refractivity (Wildman–Crippen MR) is 56.6 cm³/mol. The molecule has 0 heterocycles. The molecule has 18 heavy (non-hydrogen) atoms. The summed E-state index contributed by atoms with van der Waals surface area (Å²) in [5, 5.41) is 0. The van der Waals surface area contributed by atoms with Crippen LogP contribution in [0.3, 0.4) is 0 Å². The van der Waals surface area contributed by atoms with Gasteiger partial charge in [-0.3, -0.25) is 0 Å². The predicted octanol–water partition coefficient (Wildman–Crippen LogP) is 0.857. The zero-order chi connectivity index (χ0) is 14.0. The van der Waals surface area contributed by atoms with Crippen molar-refractivity contribution in [2.24, 2.45) is 0 Å². The van der Waals surface area contributed by atoms with Gasteiger partial charge in [0.2, 0.25) is 10.0 Å². The van der Waals surface area contributed by atoms with Crippen molar-refractivity contribution in [3.8, 4) is 0 Å². The third kappa shape index (κ3) is 4.63. The van der Waals surface area contributed by atoms with E-state index in [1.807, 2.05) is 0 Å². The molecule has 0 saturated carbocycles. The Morgan fingerprint density at radius 3 is 1.94 bits per heavy atom. The van der Waals surface area contributed by atoms with E-state index < -0.39 is 36.9 Å². The maximum Gasteiger partial charge on any atom is 0.404 e. The molecule has 1 N–H and O–H groups in total. The lowest BCUT2D eigenvalue weighted by atomic mass is 10.4. The van der Waals surface area contributed by atoms with Gasteiger partial charge in [0.15, 0.2) is 5.75 Å². The number of sulfonamides is 2. The largest absolute Gasteiger partial charge is 0.404 e. The van der Waals surface area contributed by atoms with Crippen LogP contribution in [0.2, 0.25) is 0 Å². The first-order chi connectivity index (χ1) is 8.02. The molecule has 0 saturated heterocycles. The SMILES string of the molecule is O=S(=O)(CC(F)(F)F)NS(=O)(=O)c1ccccc1. The Labute approximate surface area is 102 Å². The number of hydrogen-bond donors (Lipinski definition) is 1. The van der Waals surface area contributed by atoms with Gasteiger partial charge in [-0.05, 0) is 12.1 Å². The Morgan fingerprint density at radius 1 is 1.00 bits per heavy atom. The monoisotopic (exact) mass is 303 g/mol. The fraction of sp³-hybridized carbons (Fsp3) is 0.250. The molecule has 10 heteroatoms. The molecule has 0 bridgehead atoms. The molecule has 0 aliphatic heterocycles. The van der Waals surface area contributed by atoms with E-state index in [9.17, 15) is 30.0 Å². The van der Waals surface area contributed by atoms with Crippen molar-refractivity contribution in [3.63, 3.8) is 0 Å². The molecule has 0 aromatic heterocycles. The van der Waals surface area contributed by atoms with E-state index in [-0.39, 0.29) is 0 Å². The minimum atomic E-state index is -5.02. The zero-order valence-corrected chi connectivity index (χ0v) is 10.3. The van der Waals surface area contributed by atoms with E-state index >= 15 is 0 Å². The lowest BCUT2D eigenvalue weighted by molar-refractivity contribution is -0.106. The second-order valence-electron chi connectivity index (χ2n) is 3.27. The number of rotatable bonds is 4. The van der Waals surface area contributed by atoms with Gasteiger partial charge >= 0.3 is 6.18 Å². The van der Waals surface area contributed by atoms with Gasteiger partial charge in [-0.15, -0.1) is 4.13 Å². The maximum absolute atomic E-state index is 11.9. The number of alkyl halides is 3. The summed E-state index contributed by atoms with van der Waals surface area (Å²) in [7, 11) is -9.54. The highest BCUT2D eigenvalue weighted by Crippen LogP contribution is 2.18. The van der Waals surface area contributed by atoms with Crippen LogP contribution in [0, 0.1) is 0 Å². The average Bonchev–Trinajstić information content (AvgIpc) is 2.13. The normalized spacial score (nSPS) is 13.5. The van der Waals surface area contributed by atoms with Crippen molar-refractivity contribution in [2.45, 2.75) is 11.1 Å². The summed E-state index contributed by atoms with van der Waals surface area (Å²) >= 11 is 0. The van der Waals surface area contributed by atoms with E-state index in [1.165, 1.54) is 18.2 Å². The van der Waals surface area contributed by atoms with Crippen LogP contribution < -0.4 is 4.13 Å². The Kier molecular flexibility index (Phi) is 4.03. The van der Waals surface area contributed by atoms with Crippen molar-refractivity contribution in [1.82, 2.24) is 4.13 Å². The van der Waals surface area contributed by atoms with E-state index in [2.05, 4.69) is 0 Å². The Hall–Kier alpha value is -1.13. The third-order valence-corrected chi connectivity index (χ3v) is 5.14. The van der Waals surface area contributed by atoms with Gasteiger partial charge in [-0.2, -0.15) is 13.2 Å². The molecule has 0 unspecified atom stereocenters. The first-order valence-corrected chi connectivity index (χ1v) is 7.53. The van der Waals surface area contributed by atoms with Gasteiger partial charge in [0.25, 0.3) is 10.0 Å². The van der Waals surface area contributed by atoms with Gasteiger partial charge in [-0.1, -0.05) is 18.2 Å². The number of hydrogen-bond acceptors (Lipinski definition) is 4. The fourth-order valence-corrected chi connectivity index (χ4v) is 3.96. The van der Waals surface area contributed by atoms with Crippen LogP contribution in [-0.4, -0.2) is 28.8 Å². The first-order valence-electron chi connectivity index (χ1n) is 4.40. The second kappa shape index (κ2) is 4.86. The van der Waals surface area contributed by atoms with Crippen LogP contribution >= 0.6 is 0 Å². The summed E-state index contributed by atoms with van der Waals surface area (Å²) in [6, 6.07) is 6.22. The van der Waals surface area contributed by atoms with Crippen LogP contribution in [0.25, 0.3) is 0 Å². The summed E-state index contributed by atoms with van der Waals surface area (Å²) in [5.41, 5.74) is 0. The second-order valence-corrected chi connectivity index (χ2v) is 6.94. The maximum atomic E-state index is 11.9. The summed E-state index contributed by atoms with van der Waals surface area (Å²) in [6.45, 7) is 0. The topological polar surface area (TPSA) is 80.3 Å². The van der Waals surface area contributed by atoms with Crippen LogP contribution in [0.5, 0.6) is 0 Å². The number of benzene rings is 1. The van der Waals surface area contributed by atoms with Gasteiger partial charge in [0, 0.05) is 0 Å². The van der Waals surface area contributed by atoms with Crippen molar-refractivity contribution >= 4 is 20.0 Å². The molecular formula is C8H8F3NO4S2. The van der Waals surface area contributed by atoms with E-state index in [4.69, 9.17) is 0 Å². The highest BCUT2D eigenvalue weighted by Gasteiger charge is 2.37. The molecule has 1 aromatic carbocycles. The smallest absolute Gasteiger partial charge is 0.211 e. The van der Waals surface area contributed by atoms with E-state index in [1.54, 1.807) is 0 Å². The minimum absolute atomic E-state index is 0.434. The molecule has 0 aliphatic rings. The van der Waals surface area contributed by atoms with Crippen molar-refractivity contribution in [2.75, 3.05) is 5.75 Å². The minimum Gasteiger partial charge on any atom is -0.211 e. The van der Waals surface area contributed by atoms with Crippen LogP contribution in [0.4, 0.5) is 13.2 Å². The summed E-state index contributed by atoms with van der Waals surface area (Å²) in [5.74, 6) is -2.26. The molecule has 5 nitrogen and oxygen atoms in total. The molecule has 102 valence electrons. The van der Waals surface area contributed by atoms with Crippen molar-refractivity contribution < 1.29 is 30.0 Å². The van der Waals surface area contributed by atoms with Crippen LogP contribution in [0.15, 0.2) is 35.2 Å².